The van der Waals surface area contributed by atoms with E-state index in [1.807, 2.05) is 50.2 Å². The molecule has 0 aliphatic carbocycles. The van der Waals surface area contributed by atoms with Gasteiger partial charge in [0.25, 0.3) is 0 Å². The molecule has 0 aliphatic heterocycles. The van der Waals surface area contributed by atoms with Gasteiger partial charge in [-0.3, -0.25) is 9.97 Å². The van der Waals surface area contributed by atoms with Gasteiger partial charge in [0.15, 0.2) is 0 Å². The van der Waals surface area contributed by atoms with E-state index in [1.165, 1.54) is 11.1 Å². The number of pyridine rings is 2. The Labute approximate surface area is 212 Å². The summed E-state index contributed by atoms with van der Waals surface area (Å²) in [6.07, 6.45) is 3.57. The lowest BCUT2D eigenvalue weighted by Crippen LogP contribution is -2.04. The van der Waals surface area contributed by atoms with Crippen molar-refractivity contribution in [2.24, 2.45) is 0 Å². The topological polar surface area (TPSA) is 68.3 Å². The molecule has 2 heterocycles. The highest BCUT2D eigenvalue weighted by Gasteiger charge is 2.09. The average molecular weight is 481 g/mol. The van der Waals surface area contributed by atoms with Gasteiger partial charge in [0.1, 0.15) is 22.5 Å². The standard InChI is InChI=1S/C28H26N4O2.C2H6/c1-33-25-12-10-23(21-8-4-14-29-27(21)25)31-17-19-6-3-7-20(16-19)18-32-24-11-13-26(34-2)28-22(24)9-5-15-30-28;1-2/h3-16,31-32H,17-18H2,1-2H3;1-2H3. The zero-order chi connectivity index (χ0) is 25.3. The Hall–Kier alpha value is -4.32. The zero-order valence-corrected chi connectivity index (χ0v) is 21.2. The van der Waals surface area contributed by atoms with Crippen LogP contribution >= 0.6 is 0 Å². The van der Waals surface area contributed by atoms with Crippen molar-refractivity contribution in [1.29, 1.82) is 0 Å². The third kappa shape index (κ3) is 5.33. The van der Waals surface area contributed by atoms with Crippen LogP contribution in [0.1, 0.15) is 25.0 Å². The first kappa shape index (κ1) is 24.8. The van der Waals surface area contributed by atoms with Gasteiger partial charge in [-0.1, -0.05) is 38.1 Å². The molecule has 0 atom stereocenters. The summed E-state index contributed by atoms with van der Waals surface area (Å²) in [5.41, 5.74) is 6.18. The fourth-order valence-electron chi connectivity index (χ4n) is 4.18. The Morgan fingerprint density at radius 2 is 1.08 bits per heavy atom. The van der Waals surface area contributed by atoms with E-state index >= 15 is 0 Å². The quantitative estimate of drug-likeness (QED) is 0.248. The van der Waals surface area contributed by atoms with Gasteiger partial charge in [-0.25, -0.2) is 0 Å². The maximum absolute atomic E-state index is 5.46. The van der Waals surface area contributed by atoms with Gasteiger partial charge in [0, 0.05) is 47.6 Å². The maximum Gasteiger partial charge on any atom is 0.145 e. The number of aromatic nitrogens is 2. The predicted octanol–water partition coefficient (Wildman–Crippen LogP) is 7.05. The molecule has 2 aromatic heterocycles. The number of methoxy groups -OCH3 is 2. The molecule has 36 heavy (non-hydrogen) atoms. The first-order valence-electron chi connectivity index (χ1n) is 12.2. The van der Waals surface area contributed by atoms with Crippen LogP contribution in [0.2, 0.25) is 0 Å². The van der Waals surface area contributed by atoms with Crippen LogP contribution in [0.3, 0.4) is 0 Å². The highest BCUT2D eigenvalue weighted by atomic mass is 16.5. The summed E-state index contributed by atoms with van der Waals surface area (Å²) < 4.78 is 10.9. The molecule has 0 bridgehead atoms. The summed E-state index contributed by atoms with van der Waals surface area (Å²) in [4.78, 5) is 8.96. The molecule has 0 aliphatic rings. The second-order valence-electron chi connectivity index (χ2n) is 7.96. The van der Waals surface area contributed by atoms with Crippen molar-refractivity contribution in [3.05, 3.63) is 96.3 Å². The number of benzene rings is 3. The number of rotatable bonds is 8. The summed E-state index contributed by atoms with van der Waals surface area (Å²) in [7, 11) is 3.34. The van der Waals surface area contributed by atoms with E-state index in [2.05, 4.69) is 57.0 Å². The fourth-order valence-corrected chi connectivity index (χ4v) is 4.18. The van der Waals surface area contributed by atoms with E-state index in [0.717, 1.165) is 44.7 Å². The third-order valence-electron chi connectivity index (χ3n) is 5.86. The summed E-state index contributed by atoms with van der Waals surface area (Å²) >= 11 is 0. The van der Waals surface area contributed by atoms with Crippen molar-refractivity contribution in [2.45, 2.75) is 26.9 Å². The van der Waals surface area contributed by atoms with Gasteiger partial charge in [0.05, 0.1) is 14.2 Å². The first-order chi connectivity index (χ1) is 17.8. The molecular weight excluding hydrogens is 448 g/mol. The average Bonchev–Trinajstić information content (AvgIpc) is 2.96. The van der Waals surface area contributed by atoms with Crippen LogP contribution in [0.15, 0.2) is 85.2 Å². The molecule has 6 heteroatoms. The Bertz CT molecular complexity index is 1350. The SMILES string of the molecule is CC.COc1ccc(NCc2cccc(CNc3ccc(OC)c4ncccc34)c2)c2cccnc12. The van der Waals surface area contributed by atoms with E-state index in [0.29, 0.717) is 13.1 Å². The molecule has 184 valence electrons. The second-order valence-corrected chi connectivity index (χ2v) is 7.96. The van der Waals surface area contributed by atoms with Gasteiger partial charge in [0.2, 0.25) is 0 Å². The highest BCUT2D eigenvalue weighted by Crippen LogP contribution is 2.31. The van der Waals surface area contributed by atoms with Crippen molar-refractivity contribution in [3.8, 4) is 11.5 Å². The molecule has 0 spiro atoms. The van der Waals surface area contributed by atoms with E-state index in [4.69, 9.17) is 9.47 Å². The second kappa shape index (κ2) is 11.9. The van der Waals surface area contributed by atoms with Crippen molar-refractivity contribution in [3.63, 3.8) is 0 Å². The van der Waals surface area contributed by atoms with Crippen LogP contribution in [0.5, 0.6) is 11.5 Å². The van der Waals surface area contributed by atoms with E-state index in [9.17, 15) is 0 Å². The van der Waals surface area contributed by atoms with Crippen molar-refractivity contribution < 1.29 is 9.47 Å². The Balaban J connectivity index is 0.00000148. The van der Waals surface area contributed by atoms with Crippen LogP contribution in [0.4, 0.5) is 11.4 Å². The number of nitrogens with one attached hydrogen (secondary N) is 2. The van der Waals surface area contributed by atoms with Crippen LogP contribution < -0.4 is 20.1 Å². The number of hydrogen-bond donors (Lipinski definition) is 2. The van der Waals surface area contributed by atoms with Gasteiger partial charge < -0.3 is 20.1 Å². The Morgan fingerprint density at radius 3 is 1.53 bits per heavy atom. The Morgan fingerprint density at radius 1 is 0.611 bits per heavy atom. The molecular formula is C30H32N4O2. The summed E-state index contributed by atoms with van der Waals surface area (Å²) in [5, 5.41) is 9.19. The molecule has 0 saturated carbocycles. The van der Waals surface area contributed by atoms with Gasteiger partial charge in [-0.15, -0.1) is 0 Å². The molecule has 0 unspecified atom stereocenters. The molecule has 0 radical (unpaired) electrons. The maximum atomic E-state index is 5.46. The number of anilines is 2. The lowest BCUT2D eigenvalue weighted by Gasteiger charge is -2.14. The largest absolute Gasteiger partial charge is 0.494 e. The molecule has 6 nitrogen and oxygen atoms in total. The number of ether oxygens (including phenoxy) is 2. The van der Waals surface area contributed by atoms with Crippen molar-refractivity contribution >= 4 is 33.2 Å². The monoisotopic (exact) mass is 480 g/mol. The molecule has 5 aromatic rings. The van der Waals surface area contributed by atoms with E-state index < -0.39 is 0 Å². The number of fused-ring (bicyclic) bond motifs is 2. The van der Waals surface area contributed by atoms with E-state index in [-0.39, 0.29) is 0 Å². The fraction of sp³-hybridized carbons (Fsp3) is 0.200. The number of hydrogen-bond acceptors (Lipinski definition) is 6. The zero-order valence-electron chi connectivity index (χ0n) is 21.2. The smallest absolute Gasteiger partial charge is 0.145 e. The molecule has 3 aromatic carbocycles. The van der Waals surface area contributed by atoms with Gasteiger partial charge in [-0.2, -0.15) is 0 Å². The predicted molar refractivity (Wildman–Crippen MR) is 149 cm³/mol. The van der Waals surface area contributed by atoms with Gasteiger partial charge >= 0.3 is 0 Å². The van der Waals surface area contributed by atoms with Crippen LogP contribution in [0.25, 0.3) is 21.8 Å². The molecule has 0 fully saturated rings. The van der Waals surface area contributed by atoms with Crippen molar-refractivity contribution in [2.75, 3.05) is 24.9 Å². The molecule has 0 saturated heterocycles. The number of nitrogens with zero attached hydrogens (tertiary/aromatic N) is 2. The highest BCUT2D eigenvalue weighted by molar-refractivity contribution is 5.96. The van der Waals surface area contributed by atoms with Crippen LogP contribution in [-0.4, -0.2) is 24.2 Å². The van der Waals surface area contributed by atoms with Crippen molar-refractivity contribution in [1.82, 2.24) is 9.97 Å². The minimum atomic E-state index is 0.708. The Kier molecular flexibility index (Phi) is 8.19. The molecule has 5 rings (SSSR count). The normalized spacial score (nSPS) is 10.4. The summed E-state index contributed by atoms with van der Waals surface area (Å²) in [6, 6.07) is 24.5. The lowest BCUT2D eigenvalue weighted by atomic mass is 10.1. The van der Waals surface area contributed by atoms with Crippen LogP contribution in [-0.2, 0) is 13.1 Å². The summed E-state index contributed by atoms with van der Waals surface area (Å²) in [5.74, 6) is 1.55. The minimum Gasteiger partial charge on any atom is -0.494 e. The van der Waals surface area contributed by atoms with E-state index in [1.54, 1.807) is 26.6 Å². The first-order valence-corrected chi connectivity index (χ1v) is 12.2. The molecule has 2 N–H and O–H groups in total. The van der Waals surface area contributed by atoms with Crippen LogP contribution in [0, 0.1) is 0 Å². The minimum absolute atomic E-state index is 0.708. The lowest BCUT2D eigenvalue weighted by molar-refractivity contribution is 0.419. The summed E-state index contributed by atoms with van der Waals surface area (Å²) in [6.45, 7) is 5.42. The molecule has 0 amide bonds. The third-order valence-corrected chi connectivity index (χ3v) is 5.86. The van der Waals surface area contributed by atoms with Gasteiger partial charge in [-0.05, 0) is 59.7 Å².